The lowest BCUT2D eigenvalue weighted by Crippen LogP contribution is -1.95. The van der Waals surface area contributed by atoms with E-state index in [9.17, 15) is 9.59 Å². The topological polar surface area (TPSA) is 101 Å². The van der Waals surface area contributed by atoms with Crippen molar-refractivity contribution in [3.05, 3.63) is 65.7 Å². The molecule has 5 heteroatoms. The SMILES string of the molecule is Nc1ccc(C(=O)O)cc1.O=C(O)c1ccccc1. The van der Waals surface area contributed by atoms with Crippen LogP contribution in [-0.4, -0.2) is 22.2 Å². The lowest BCUT2D eigenvalue weighted by atomic mass is 10.2. The predicted octanol–water partition coefficient (Wildman–Crippen LogP) is 2.35. The van der Waals surface area contributed by atoms with Crippen LogP contribution in [0.3, 0.4) is 0 Å². The van der Waals surface area contributed by atoms with Gasteiger partial charge < -0.3 is 15.9 Å². The number of nitrogens with two attached hydrogens (primary N) is 1. The maximum Gasteiger partial charge on any atom is 0.335 e. The van der Waals surface area contributed by atoms with E-state index in [1.54, 1.807) is 42.5 Å². The van der Waals surface area contributed by atoms with Crippen LogP contribution in [-0.2, 0) is 0 Å². The first kappa shape index (κ1) is 14.2. The first-order chi connectivity index (χ1) is 9.00. The molecule has 0 saturated heterocycles. The Bertz CT molecular complexity index is 549. The second-order valence-electron chi connectivity index (χ2n) is 3.60. The number of anilines is 1. The molecule has 0 saturated carbocycles. The molecule has 2 rings (SSSR count). The van der Waals surface area contributed by atoms with E-state index in [0.29, 0.717) is 11.3 Å². The zero-order chi connectivity index (χ0) is 14.3. The summed E-state index contributed by atoms with van der Waals surface area (Å²) in [5.74, 6) is -1.81. The molecule has 0 radical (unpaired) electrons. The molecule has 5 nitrogen and oxygen atoms in total. The minimum Gasteiger partial charge on any atom is -0.478 e. The van der Waals surface area contributed by atoms with Gasteiger partial charge in [0.2, 0.25) is 0 Å². The summed E-state index contributed by atoms with van der Waals surface area (Å²) < 4.78 is 0. The minimum atomic E-state index is -0.931. The van der Waals surface area contributed by atoms with E-state index >= 15 is 0 Å². The summed E-state index contributed by atoms with van der Waals surface area (Å²) in [4.78, 5) is 20.5. The average molecular weight is 259 g/mol. The van der Waals surface area contributed by atoms with Crippen molar-refractivity contribution in [3.63, 3.8) is 0 Å². The summed E-state index contributed by atoms with van der Waals surface area (Å²) in [7, 11) is 0. The van der Waals surface area contributed by atoms with Crippen LogP contribution in [0, 0.1) is 0 Å². The van der Waals surface area contributed by atoms with Crippen molar-refractivity contribution in [2.75, 3.05) is 5.73 Å². The molecule has 98 valence electrons. The predicted molar refractivity (Wildman–Crippen MR) is 71.2 cm³/mol. The number of hydrogen-bond acceptors (Lipinski definition) is 3. The zero-order valence-corrected chi connectivity index (χ0v) is 9.98. The normalized spacial score (nSPS) is 9.05. The molecule has 0 aliphatic heterocycles. The standard InChI is InChI=1S/C7H7NO2.C7H6O2/c8-6-3-1-5(2-4-6)7(9)10;8-7(9)6-4-2-1-3-5-6/h1-4H,8H2,(H,9,10);1-5H,(H,8,9). The van der Waals surface area contributed by atoms with Crippen LogP contribution in [0.5, 0.6) is 0 Å². The van der Waals surface area contributed by atoms with Gasteiger partial charge in [0.15, 0.2) is 0 Å². The summed E-state index contributed by atoms with van der Waals surface area (Å²) in [6, 6.07) is 14.4. The fraction of sp³-hybridized carbons (Fsp3) is 0. The maximum atomic E-state index is 10.3. The molecule has 0 bridgehead atoms. The Morgan fingerprint density at radius 3 is 1.53 bits per heavy atom. The fourth-order valence-corrected chi connectivity index (χ4v) is 1.21. The summed E-state index contributed by atoms with van der Waals surface area (Å²) in [6.07, 6.45) is 0. The summed E-state index contributed by atoms with van der Waals surface area (Å²) in [5, 5.41) is 16.8. The number of carboxylic acids is 2. The molecule has 0 amide bonds. The number of benzene rings is 2. The number of rotatable bonds is 2. The Kier molecular flexibility index (Phi) is 5.10. The molecule has 19 heavy (non-hydrogen) atoms. The van der Waals surface area contributed by atoms with E-state index in [4.69, 9.17) is 15.9 Å². The van der Waals surface area contributed by atoms with E-state index < -0.39 is 11.9 Å². The molecule has 0 spiro atoms. The van der Waals surface area contributed by atoms with Crippen LogP contribution in [0.1, 0.15) is 20.7 Å². The third-order valence-electron chi connectivity index (χ3n) is 2.18. The molecule has 0 fully saturated rings. The number of nitrogen functional groups attached to an aromatic ring is 1. The van der Waals surface area contributed by atoms with Gasteiger partial charge in [-0.3, -0.25) is 0 Å². The Labute approximate surface area is 109 Å². The Hall–Kier alpha value is -2.82. The number of carboxylic acid groups (broad SMARTS) is 2. The highest BCUT2D eigenvalue weighted by Gasteiger charge is 1.98. The van der Waals surface area contributed by atoms with Crippen LogP contribution >= 0.6 is 0 Å². The second kappa shape index (κ2) is 6.80. The first-order valence-corrected chi connectivity index (χ1v) is 5.38. The van der Waals surface area contributed by atoms with Gasteiger partial charge in [0.05, 0.1) is 11.1 Å². The van der Waals surface area contributed by atoms with Crippen LogP contribution in [0.4, 0.5) is 5.69 Å². The van der Waals surface area contributed by atoms with Crippen molar-refractivity contribution in [1.29, 1.82) is 0 Å². The van der Waals surface area contributed by atoms with Gasteiger partial charge in [-0.15, -0.1) is 0 Å². The molecule has 0 atom stereocenters. The zero-order valence-electron chi connectivity index (χ0n) is 9.98. The van der Waals surface area contributed by atoms with Gasteiger partial charge in [-0.25, -0.2) is 9.59 Å². The largest absolute Gasteiger partial charge is 0.478 e. The van der Waals surface area contributed by atoms with Crippen LogP contribution in [0.15, 0.2) is 54.6 Å². The van der Waals surface area contributed by atoms with E-state index in [2.05, 4.69) is 0 Å². The van der Waals surface area contributed by atoms with Crippen molar-refractivity contribution in [2.45, 2.75) is 0 Å². The molecule has 2 aromatic carbocycles. The van der Waals surface area contributed by atoms with Gasteiger partial charge in [0, 0.05) is 5.69 Å². The van der Waals surface area contributed by atoms with Gasteiger partial charge in [-0.2, -0.15) is 0 Å². The van der Waals surface area contributed by atoms with E-state index in [1.807, 2.05) is 0 Å². The average Bonchev–Trinajstić information content (AvgIpc) is 2.41. The van der Waals surface area contributed by atoms with Crippen molar-refractivity contribution in [1.82, 2.24) is 0 Å². The van der Waals surface area contributed by atoms with Crippen molar-refractivity contribution in [3.8, 4) is 0 Å². The third kappa shape index (κ3) is 4.91. The molecule has 0 aliphatic rings. The molecule has 0 unspecified atom stereocenters. The maximum absolute atomic E-state index is 10.3. The lowest BCUT2D eigenvalue weighted by molar-refractivity contribution is 0.0686. The quantitative estimate of drug-likeness (QED) is 0.719. The van der Waals surface area contributed by atoms with Crippen LogP contribution in [0.25, 0.3) is 0 Å². The van der Waals surface area contributed by atoms with Crippen molar-refractivity contribution in [2.24, 2.45) is 0 Å². The summed E-state index contributed by atoms with van der Waals surface area (Å²) in [6.45, 7) is 0. The van der Waals surface area contributed by atoms with Gasteiger partial charge >= 0.3 is 11.9 Å². The molecular formula is C14H13NO4. The molecule has 2 aromatic rings. The molecular weight excluding hydrogens is 246 g/mol. The van der Waals surface area contributed by atoms with Gasteiger partial charge in [0.1, 0.15) is 0 Å². The number of aromatic carboxylic acids is 2. The van der Waals surface area contributed by atoms with Gasteiger partial charge in [-0.1, -0.05) is 18.2 Å². The fourth-order valence-electron chi connectivity index (χ4n) is 1.21. The first-order valence-electron chi connectivity index (χ1n) is 5.38. The highest BCUT2D eigenvalue weighted by molar-refractivity contribution is 5.88. The van der Waals surface area contributed by atoms with Crippen LogP contribution < -0.4 is 5.73 Å². The molecule has 0 aliphatic carbocycles. The molecule has 0 aromatic heterocycles. The number of carbonyl (C=O) groups is 2. The van der Waals surface area contributed by atoms with E-state index in [-0.39, 0.29) is 5.56 Å². The van der Waals surface area contributed by atoms with Crippen molar-refractivity contribution < 1.29 is 19.8 Å². The number of hydrogen-bond donors (Lipinski definition) is 3. The summed E-state index contributed by atoms with van der Waals surface area (Å²) in [5.41, 5.74) is 6.50. The van der Waals surface area contributed by atoms with Crippen LogP contribution in [0.2, 0.25) is 0 Å². The van der Waals surface area contributed by atoms with Gasteiger partial charge in [0.25, 0.3) is 0 Å². The smallest absolute Gasteiger partial charge is 0.335 e. The summed E-state index contributed by atoms with van der Waals surface area (Å²) >= 11 is 0. The van der Waals surface area contributed by atoms with E-state index in [1.165, 1.54) is 12.1 Å². The van der Waals surface area contributed by atoms with E-state index in [0.717, 1.165) is 0 Å². The Morgan fingerprint density at radius 2 is 1.16 bits per heavy atom. The Balaban J connectivity index is 0.000000191. The highest BCUT2D eigenvalue weighted by Crippen LogP contribution is 2.04. The molecule has 0 heterocycles. The highest BCUT2D eigenvalue weighted by atomic mass is 16.4. The third-order valence-corrected chi connectivity index (χ3v) is 2.18. The van der Waals surface area contributed by atoms with Crippen molar-refractivity contribution >= 4 is 17.6 Å². The Morgan fingerprint density at radius 1 is 0.737 bits per heavy atom. The second-order valence-corrected chi connectivity index (χ2v) is 3.60. The molecule has 4 N–H and O–H groups in total. The van der Waals surface area contributed by atoms with Gasteiger partial charge in [-0.05, 0) is 36.4 Å². The lowest BCUT2D eigenvalue weighted by Gasteiger charge is -1.93. The minimum absolute atomic E-state index is 0.259. The monoisotopic (exact) mass is 259 g/mol.